The maximum atomic E-state index is 12.4. The van der Waals surface area contributed by atoms with Crippen LogP contribution in [0.25, 0.3) is 0 Å². The summed E-state index contributed by atoms with van der Waals surface area (Å²) in [5.74, 6) is -0.357. The van der Waals surface area contributed by atoms with E-state index in [1.165, 1.54) is 0 Å². The number of halogens is 3. The molecule has 6 heteroatoms. The number of phenolic OH excluding ortho intramolecular Hbond substituents is 1. The summed E-state index contributed by atoms with van der Waals surface area (Å²) in [4.78, 5) is 12.4. The summed E-state index contributed by atoms with van der Waals surface area (Å²) < 4.78 is 1.53. The van der Waals surface area contributed by atoms with Crippen LogP contribution in [0.5, 0.6) is 5.75 Å². The van der Waals surface area contributed by atoms with Crippen LogP contribution in [0.15, 0.2) is 24.3 Å². The molecule has 2 aromatic carbocycles. The van der Waals surface area contributed by atoms with E-state index in [9.17, 15) is 9.90 Å². The van der Waals surface area contributed by atoms with Gasteiger partial charge in [-0.3, -0.25) is 4.79 Å². The van der Waals surface area contributed by atoms with E-state index in [1.54, 1.807) is 12.1 Å². The average molecular weight is 542 g/mol. The van der Waals surface area contributed by atoms with Crippen LogP contribution >= 0.6 is 56.8 Å². The quantitative estimate of drug-likeness (QED) is 0.513. The van der Waals surface area contributed by atoms with Gasteiger partial charge in [0.15, 0.2) is 0 Å². The summed E-state index contributed by atoms with van der Waals surface area (Å²) >= 11 is 10.3. The molecule has 0 unspecified atom stereocenters. The molecule has 0 aromatic heterocycles. The number of benzene rings is 2. The molecule has 0 spiro atoms. The Hall–Kier alpha value is -0.540. The van der Waals surface area contributed by atoms with E-state index in [1.807, 2.05) is 48.6 Å². The number of amides is 1. The van der Waals surface area contributed by atoms with E-state index in [0.29, 0.717) is 14.3 Å². The van der Waals surface area contributed by atoms with Crippen LogP contribution < -0.4 is 5.32 Å². The summed E-state index contributed by atoms with van der Waals surface area (Å²) in [6.45, 7) is 3.95. The Bertz CT molecular complexity index is 747. The fraction of sp³-hybridized carbons (Fsp3) is 0.188. The van der Waals surface area contributed by atoms with Gasteiger partial charge in [0.05, 0.1) is 9.13 Å². The molecule has 0 aliphatic rings. The van der Waals surface area contributed by atoms with Crippen molar-refractivity contribution in [3.63, 3.8) is 0 Å². The SMILES string of the molecule is CCc1cc(C)c(NC(=O)c2cc(I)cc(I)c2O)cc1Cl. The topological polar surface area (TPSA) is 49.3 Å². The Kier molecular flexibility index (Phi) is 5.95. The molecule has 0 saturated carbocycles. The molecule has 22 heavy (non-hydrogen) atoms. The van der Waals surface area contributed by atoms with E-state index >= 15 is 0 Å². The maximum absolute atomic E-state index is 12.4. The van der Waals surface area contributed by atoms with Gasteiger partial charge in [-0.25, -0.2) is 0 Å². The standard InChI is InChI=1S/C16H14ClI2NO2/c1-3-9-4-8(2)14(7-12(9)17)20-16(22)11-5-10(18)6-13(19)15(11)21/h4-7,21H,3H2,1-2H3,(H,20,22). The molecule has 0 fully saturated rings. The van der Waals surface area contributed by atoms with Gasteiger partial charge in [-0.05, 0) is 87.9 Å². The Labute approximate surface area is 161 Å². The number of aryl methyl sites for hydroxylation is 2. The Morgan fingerprint density at radius 3 is 2.59 bits per heavy atom. The highest BCUT2D eigenvalue weighted by molar-refractivity contribution is 14.1. The molecule has 0 bridgehead atoms. The number of nitrogens with one attached hydrogen (secondary N) is 1. The first kappa shape index (κ1) is 17.8. The van der Waals surface area contributed by atoms with Crippen molar-refractivity contribution in [2.75, 3.05) is 5.32 Å². The molecule has 3 nitrogen and oxygen atoms in total. The first-order valence-corrected chi connectivity index (χ1v) is 9.15. The van der Waals surface area contributed by atoms with Gasteiger partial charge in [0.2, 0.25) is 0 Å². The van der Waals surface area contributed by atoms with Gasteiger partial charge in [0, 0.05) is 14.3 Å². The van der Waals surface area contributed by atoms with Crippen molar-refractivity contribution < 1.29 is 9.90 Å². The number of hydrogen-bond acceptors (Lipinski definition) is 2. The monoisotopic (exact) mass is 541 g/mol. The van der Waals surface area contributed by atoms with Crippen LogP contribution in [0.2, 0.25) is 5.02 Å². The third kappa shape index (κ3) is 3.86. The lowest BCUT2D eigenvalue weighted by Crippen LogP contribution is -2.14. The minimum absolute atomic E-state index is 0.00700. The summed E-state index contributed by atoms with van der Waals surface area (Å²) in [5, 5.41) is 13.5. The lowest BCUT2D eigenvalue weighted by Gasteiger charge is -2.13. The van der Waals surface area contributed by atoms with Gasteiger partial charge >= 0.3 is 0 Å². The third-order valence-electron chi connectivity index (χ3n) is 3.30. The molecule has 0 aliphatic heterocycles. The van der Waals surface area contributed by atoms with Crippen LogP contribution in [0.3, 0.4) is 0 Å². The first-order chi connectivity index (χ1) is 10.3. The number of carbonyl (C=O) groups excluding carboxylic acids is 1. The molecule has 0 atom stereocenters. The van der Waals surface area contributed by atoms with Gasteiger partial charge in [0.25, 0.3) is 5.91 Å². The zero-order valence-electron chi connectivity index (χ0n) is 12.0. The minimum atomic E-state index is -0.350. The average Bonchev–Trinajstić information content (AvgIpc) is 2.46. The van der Waals surface area contributed by atoms with Crippen molar-refractivity contribution in [1.82, 2.24) is 0 Å². The number of anilines is 1. The van der Waals surface area contributed by atoms with Crippen molar-refractivity contribution in [3.05, 3.63) is 53.1 Å². The lowest BCUT2D eigenvalue weighted by atomic mass is 10.1. The van der Waals surface area contributed by atoms with Gasteiger partial charge in [-0.2, -0.15) is 0 Å². The number of rotatable bonds is 3. The fourth-order valence-electron chi connectivity index (χ4n) is 2.08. The van der Waals surface area contributed by atoms with Gasteiger partial charge in [-0.1, -0.05) is 24.6 Å². The molecule has 0 radical (unpaired) electrons. The number of hydrogen-bond donors (Lipinski definition) is 2. The van der Waals surface area contributed by atoms with Gasteiger partial charge < -0.3 is 10.4 Å². The Morgan fingerprint density at radius 2 is 1.95 bits per heavy atom. The molecule has 2 aromatic rings. The molecule has 2 N–H and O–H groups in total. The normalized spacial score (nSPS) is 10.6. The molecular formula is C16H14ClI2NO2. The van der Waals surface area contributed by atoms with Crippen molar-refractivity contribution in [1.29, 1.82) is 0 Å². The molecule has 2 rings (SSSR count). The van der Waals surface area contributed by atoms with Crippen LogP contribution in [0, 0.1) is 14.1 Å². The van der Waals surface area contributed by atoms with Crippen molar-refractivity contribution in [3.8, 4) is 5.75 Å². The van der Waals surface area contributed by atoms with Crippen LogP contribution in [0.1, 0.15) is 28.4 Å². The second kappa shape index (κ2) is 7.35. The lowest BCUT2D eigenvalue weighted by molar-refractivity contribution is 0.102. The van der Waals surface area contributed by atoms with E-state index in [4.69, 9.17) is 11.6 Å². The summed E-state index contributed by atoms with van der Waals surface area (Å²) in [6.07, 6.45) is 0.837. The van der Waals surface area contributed by atoms with Crippen molar-refractivity contribution >= 4 is 68.4 Å². The molecule has 116 valence electrons. The molecule has 0 saturated heterocycles. The van der Waals surface area contributed by atoms with Gasteiger partial charge in [0.1, 0.15) is 5.75 Å². The Balaban J connectivity index is 2.36. The first-order valence-electron chi connectivity index (χ1n) is 6.61. The summed E-state index contributed by atoms with van der Waals surface area (Å²) in [5.41, 5.74) is 2.89. The maximum Gasteiger partial charge on any atom is 0.259 e. The largest absolute Gasteiger partial charge is 0.506 e. The fourth-order valence-corrected chi connectivity index (χ4v) is 4.22. The number of phenols is 1. The predicted octanol–water partition coefficient (Wildman–Crippen LogP) is 5.38. The van der Waals surface area contributed by atoms with E-state index < -0.39 is 0 Å². The highest BCUT2D eigenvalue weighted by Gasteiger charge is 2.16. The zero-order chi connectivity index (χ0) is 16.4. The second-order valence-corrected chi connectivity index (χ2v) is 7.67. The van der Waals surface area contributed by atoms with Crippen LogP contribution in [-0.2, 0) is 6.42 Å². The third-order valence-corrected chi connectivity index (χ3v) is 5.09. The predicted molar refractivity (Wildman–Crippen MR) is 107 cm³/mol. The van der Waals surface area contributed by atoms with Crippen molar-refractivity contribution in [2.45, 2.75) is 20.3 Å². The molecular weight excluding hydrogens is 527 g/mol. The highest BCUT2D eigenvalue weighted by Crippen LogP contribution is 2.29. The highest BCUT2D eigenvalue weighted by atomic mass is 127. The van der Waals surface area contributed by atoms with E-state index in [0.717, 1.165) is 21.1 Å². The zero-order valence-corrected chi connectivity index (χ0v) is 17.1. The van der Waals surface area contributed by atoms with Gasteiger partial charge in [-0.15, -0.1) is 0 Å². The number of carbonyl (C=O) groups is 1. The molecule has 0 aliphatic carbocycles. The van der Waals surface area contributed by atoms with Crippen molar-refractivity contribution in [2.24, 2.45) is 0 Å². The minimum Gasteiger partial charge on any atom is -0.506 e. The summed E-state index contributed by atoms with van der Waals surface area (Å²) in [7, 11) is 0. The molecule has 1 amide bonds. The van der Waals surface area contributed by atoms with Crippen LogP contribution in [-0.4, -0.2) is 11.0 Å². The van der Waals surface area contributed by atoms with E-state index in [2.05, 4.69) is 27.9 Å². The second-order valence-electron chi connectivity index (χ2n) is 4.85. The molecule has 0 heterocycles. The number of aromatic hydroxyl groups is 1. The Morgan fingerprint density at radius 1 is 1.27 bits per heavy atom. The summed E-state index contributed by atoms with van der Waals surface area (Å²) in [6, 6.07) is 7.19. The van der Waals surface area contributed by atoms with Crippen LogP contribution in [0.4, 0.5) is 5.69 Å². The van der Waals surface area contributed by atoms with E-state index in [-0.39, 0.29) is 17.2 Å². The smallest absolute Gasteiger partial charge is 0.259 e.